The normalized spacial score (nSPS) is 23.5. The van der Waals surface area contributed by atoms with E-state index in [-0.39, 0.29) is 0 Å². The molecule has 1 aliphatic heterocycles. The molecule has 0 bridgehead atoms. The summed E-state index contributed by atoms with van der Waals surface area (Å²) in [6, 6.07) is 0. The van der Waals surface area contributed by atoms with E-state index in [9.17, 15) is 0 Å². The molecular weight excluding hydrogens is 150 g/mol. The smallest absolute Gasteiger partial charge is 0.0589 e. The molecule has 0 saturated carbocycles. The Morgan fingerprint density at radius 1 is 1.42 bits per heavy atom. The Hall–Kier alpha value is -0.0800. The van der Waals surface area contributed by atoms with E-state index in [1.807, 2.05) is 13.8 Å². The molecule has 2 nitrogen and oxygen atoms in total. The molecule has 0 radical (unpaired) electrons. The second kappa shape index (κ2) is 7.56. The third-order valence-electron chi connectivity index (χ3n) is 2.12. The van der Waals surface area contributed by atoms with Gasteiger partial charge in [-0.05, 0) is 18.9 Å². The van der Waals surface area contributed by atoms with E-state index in [0.717, 1.165) is 19.1 Å². The molecule has 0 unspecified atom stereocenters. The number of rotatable bonds is 3. The summed E-state index contributed by atoms with van der Waals surface area (Å²) in [6.45, 7) is 10.8. The average Bonchev–Trinajstić information content (AvgIpc) is 2.51. The fourth-order valence-electron chi connectivity index (χ4n) is 1.45. The van der Waals surface area contributed by atoms with Crippen LogP contribution < -0.4 is 0 Å². The highest BCUT2D eigenvalue weighted by Crippen LogP contribution is 2.13. The maximum atomic E-state index is 5.00. The standard InChI is InChI=1S/C8H17NO.C2H6/c1-8-3-4-9(7-8)5-6-10-2;1-2/h8H,3-7H2,1-2H3;1-2H3/t8-;/m0./s1. The van der Waals surface area contributed by atoms with Gasteiger partial charge >= 0.3 is 0 Å². The Kier molecular flexibility index (Phi) is 7.51. The Morgan fingerprint density at radius 2 is 2.08 bits per heavy atom. The highest BCUT2D eigenvalue weighted by Gasteiger charge is 2.17. The van der Waals surface area contributed by atoms with Crippen molar-refractivity contribution in [3.8, 4) is 0 Å². The van der Waals surface area contributed by atoms with Gasteiger partial charge in [0.05, 0.1) is 6.61 Å². The van der Waals surface area contributed by atoms with Crippen molar-refractivity contribution in [1.82, 2.24) is 4.90 Å². The fourth-order valence-corrected chi connectivity index (χ4v) is 1.45. The predicted molar refractivity (Wildman–Crippen MR) is 53.4 cm³/mol. The van der Waals surface area contributed by atoms with E-state index in [1.165, 1.54) is 19.5 Å². The van der Waals surface area contributed by atoms with E-state index >= 15 is 0 Å². The molecule has 1 atom stereocenters. The van der Waals surface area contributed by atoms with Crippen LogP contribution in [0.25, 0.3) is 0 Å². The zero-order chi connectivity index (χ0) is 9.40. The average molecular weight is 173 g/mol. The maximum absolute atomic E-state index is 5.00. The molecule has 1 aliphatic rings. The van der Waals surface area contributed by atoms with Crippen LogP contribution >= 0.6 is 0 Å². The van der Waals surface area contributed by atoms with Gasteiger partial charge in [0, 0.05) is 20.2 Å². The molecule has 0 aromatic carbocycles. The first kappa shape index (κ1) is 11.9. The van der Waals surface area contributed by atoms with Crippen molar-refractivity contribution >= 4 is 0 Å². The molecule has 2 heteroatoms. The number of nitrogens with zero attached hydrogens (tertiary/aromatic N) is 1. The number of ether oxygens (including phenoxy) is 1. The summed E-state index contributed by atoms with van der Waals surface area (Å²) in [5.41, 5.74) is 0. The molecule has 0 amide bonds. The Labute approximate surface area is 76.9 Å². The topological polar surface area (TPSA) is 12.5 Å². The first-order chi connectivity index (χ1) is 5.83. The third kappa shape index (κ3) is 4.73. The van der Waals surface area contributed by atoms with Gasteiger partial charge in [-0.25, -0.2) is 0 Å². The van der Waals surface area contributed by atoms with Gasteiger partial charge in [0.25, 0.3) is 0 Å². The Morgan fingerprint density at radius 3 is 2.50 bits per heavy atom. The zero-order valence-electron chi connectivity index (χ0n) is 8.97. The molecule has 1 heterocycles. The molecule has 74 valence electrons. The van der Waals surface area contributed by atoms with Crippen LogP contribution in [0.2, 0.25) is 0 Å². The van der Waals surface area contributed by atoms with Gasteiger partial charge in [0.15, 0.2) is 0 Å². The van der Waals surface area contributed by atoms with Crippen LogP contribution in [-0.4, -0.2) is 38.3 Å². The first-order valence-corrected chi connectivity index (χ1v) is 5.04. The zero-order valence-corrected chi connectivity index (χ0v) is 8.97. The van der Waals surface area contributed by atoms with Gasteiger partial charge in [-0.1, -0.05) is 20.8 Å². The summed E-state index contributed by atoms with van der Waals surface area (Å²) in [5, 5.41) is 0. The minimum absolute atomic E-state index is 0.882. The van der Waals surface area contributed by atoms with Crippen LogP contribution in [0.3, 0.4) is 0 Å². The van der Waals surface area contributed by atoms with Crippen molar-refractivity contribution in [2.45, 2.75) is 27.2 Å². The van der Waals surface area contributed by atoms with E-state index in [4.69, 9.17) is 4.74 Å². The number of methoxy groups -OCH3 is 1. The lowest BCUT2D eigenvalue weighted by atomic mass is 10.2. The van der Waals surface area contributed by atoms with Crippen molar-refractivity contribution in [2.75, 3.05) is 33.4 Å². The molecule has 1 fully saturated rings. The van der Waals surface area contributed by atoms with E-state index in [1.54, 1.807) is 7.11 Å². The van der Waals surface area contributed by atoms with Gasteiger partial charge in [0.1, 0.15) is 0 Å². The van der Waals surface area contributed by atoms with Crippen LogP contribution in [0.4, 0.5) is 0 Å². The van der Waals surface area contributed by atoms with Crippen molar-refractivity contribution in [1.29, 1.82) is 0 Å². The number of hydrogen-bond acceptors (Lipinski definition) is 2. The van der Waals surface area contributed by atoms with Crippen molar-refractivity contribution in [3.63, 3.8) is 0 Å². The molecule has 0 aromatic heterocycles. The Bertz CT molecular complexity index is 95.8. The third-order valence-corrected chi connectivity index (χ3v) is 2.12. The van der Waals surface area contributed by atoms with Crippen LogP contribution in [-0.2, 0) is 4.74 Å². The lowest BCUT2D eigenvalue weighted by molar-refractivity contribution is 0.159. The first-order valence-electron chi connectivity index (χ1n) is 5.04. The maximum Gasteiger partial charge on any atom is 0.0589 e. The lowest BCUT2D eigenvalue weighted by Gasteiger charge is -2.13. The second-order valence-corrected chi connectivity index (χ2v) is 3.19. The van der Waals surface area contributed by atoms with Crippen LogP contribution in [0.1, 0.15) is 27.2 Å². The molecule has 0 N–H and O–H groups in total. The number of hydrogen-bond donors (Lipinski definition) is 0. The highest BCUT2D eigenvalue weighted by atomic mass is 16.5. The minimum atomic E-state index is 0.882. The SMILES string of the molecule is CC.COCCN1CC[C@H](C)C1. The molecule has 1 rings (SSSR count). The van der Waals surface area contributed by atoms with Crippen LogP contribution in [0.5, 0.6) is 0 Å². The van der Waals surface area contributed by atoms with Gasteiger partial charge in [-0.15, -0.1) is 0 Å². The second-order valence-electron chi connectivity index (χ2n) is 3.19. The molecule has 12 heavy (non-hydrogen) atoms. The molecule has 0 spiro atoms. The van der Waals surface area contributed by atoms with Crippen molar-refractivity contribution in [2.24, 2.45) is 5.92 Å². The predicted octanol–water partition coefficient (Wildman–Crippen LogP) is 2.00. The highest BCUT2D eigenvalue weighted by molar-refractivity contribution is 4.71. The van der Waals surface area contributed by atoms with Crippen LogP contribution in [0.15, 0.2) is 0 Å². The van der Waals surface area contributed by atoms with Crippen molar-refractivity contribution < 1.29 is 4.74 Å². The van der Waals surface area contributed by atoms with E-state index in [2.05, 4.69) is 11.8 Å². The van der Waals surface area contributed by atoms with E-state index in [0.29, 0.717) is 0 Å². The van der Waals surface area contributed by atoms with Crippen LogP contribution in [0, 0.1) is 5.92 Å². The summed E-state index contributed by atoms with van der Waals surface area (Å²) in [5.74, 6) is 0.900. The molecule has 0 aromatic rings. The minimum Gasteiger partial charge on any atom is -0.383 e. The Balaban J connectivity index is 0.000000561. The summed E-state index contributed by atoms with van der Waals surface area (Å²) >= 11 is 0. The molecule has 1 saturated heterocycles. The summed E-state index contributed by atoms with van der Waals surface area (Å²) in [7, 11) is 1.76. The molecular formula is C10H23NO. The quantitative estimate of drug-likeness (QED) is 0.647. The van der Waals surface area contributed by atoms with Gasteiger partial charge in [-0.2, -0.15) is 0 Å². The monoisotopic (exact) mass is 173 g/mol. The van der Waals surface area contributed by atoms with Crippen molar-refractivity contribution in [3.05, 3.63) is 0 Å². The van der Waals surface area contributed by atoms with Gasteiger partial charge in [-0.3, -0.25) is 0 Å². The van der Waals surface area contributed by atoms with Gasteiger partial charge in [0.2, 0.25) is 0 Å². The van der Waals surface area contributed by atoms with E-state index < -0.39 is 0 Å². The molecule has 0 aliphatic carbocycles. The van der Waals surface area contributed by atoms with Gasteiger partial charge < -0.3 is 9.64 Å². The summed E-state index contributed by atoms with van der Waals surface area (Å²) < 4.78 is 5.00. The summed E-state index contributed by atoms with van der Waals surface area (Å²) in [6.07, 6.45) is 1.36. The largest absolute Gasteiger partial charge is 0.383 e. The lowest BCUT2D eigenvalue weighted by Crippen LogP contribution is -2.24. The number of likely N-dealkylation sites (tertiary alicyclic amines) is 1. The summed E-state index contributed by atoms with van der Waals surface area (Å²) in [4.78, 5) is 2.47. The fraction of sp³-hybridized carbons (Fsp3) is 1.00.